The first-order chi connectivity index (χ1) is 33.7. The fourth-order valence-corrected chi connectivity index (χ4v) is 9.61. The van der Waals surface area contributed by atoms with Gasteiger partial charge in [0.1, 0.15) is 0 Å². The van der Waals surface area contributed by atoms with Crippen molar-refractivity contribution in [3.63, 3.8) is 0 Å². The monoisotopic (exact) mass is 776 g/mol. The second-order valence-electron chi connectivity index (χ2n) is 15.7. The molecule has 0 fully saturated rings. The molecule has 9 aromatic carbocycles. The molecule has 13 aromatic rings. The van der Waals surface area contributed by atoms with Crippen molar-refractivity contribution in [3.05, 3.63) is 205 Å². The number of para-hydroxylation sites is 4. The van der Waals surface area contributed by atoms with Crippen LogP contribution >= 0.6 is 0 Å². The fraction of sp³-hybridized carbons (Fsp3) is 0.0357. The molecular weight excluding hydrogens is 729 g/mol. The van der Waals surface area contributed by atoms with Gasteiger partial charge in [0.2, 0.25) is 0 Å². The summed E-state index contributed by atoms with van der Waals surface area (Å²) in [5.74, 6) is 0. The second-order valence-corrected chi connectivity index (χ2v) is 15.7. The van der Waals surface area contributed by atoms with E-state index in [1.165, 1.54) is 0 Å². The van der Waals surface area contributed by atoms with Crippen LogP contribution in [0.15, 0.2) is 194 Å². The van der Waals surface area contributed by atoms with Crippen LogP contribution in [0.1, 0.15) is 24.8 Å². The quantitative estimate of drug-likeness (QED) is 0.167. The summed E-state index contributed by atoms with van der Waals surface area (Å²) in [7, 11) is 0. The van der Waals surface area contributed by atoms with E-state index < -0.39 is 36.3 Å². The first-order valence-electron chi connectivity index (χ1n) is 24.9. The fourth-order valence-electron chi connectivity index (χ4n) is 9.61. The van der Waals surface area contributed by atoms with Gasteiger partial charge < -0.3 is 18.6 Å². The lowest BCUT2D eigenvalue weighted by molar-refractivity contribution is 1.27. The molecule has 0 N–H and O–H groups in total. The molecule has 13 rings (SSSR count). The molecule has 0 bridgehead atoms. The molecule has 0 aliphatic carbocycles. The highest BCUT2D eigenvalue weighted by Crippen LogP contribution is 2.47. The van der Waals surface area contributed by atoms with Crippen molar-refractivity contribution in [3.8, 4) is 0 Å². The molecule has 0 radical (unpaired) electrons. The van der Waals surface area contributed by atoms with Gasteiger partial charge in [-0.2, -0.15) is 0 Å². The van der Waals surface area contributed by atoms with Gasteiger partial charge >= 0.3 is 0 Å². The van der Waals surface area contributed by atoms with Crippen molar-refractivity contribution in [2.75, 3.05) is 9.80 Å². The summed E-state index contributed by atoms with van der Waals surface area (Å²) in [6, 6.07) is 41.0. The van der Waals surface area contributed by atoms with Crippen molar-refractivity contribution < 1.29 is 13.7 Å². The van der Waals surface area contributed by atoms with Gasteiger partial charge in [0, 0.05) is 77.2 Å². The number of hydrogen-bond acceptors (Lipinski definition) is 2. The number of anilines is 6. The maximum atomic E-state index is 9.05. The van der Waals surface area contributed by atoms with E-state index in [9.17, 15) is 0 Å². The summed E-state index contributed by atoms with van der Waals surface area (Å²) >= 11 is 0. The Kier molecular flexibility index (Phi) is 5.11. The van der Waals surface area contributed by atoms with E-state index in [1.807, 2.05) is 74.5 Å². The maximum Gasteiger partial charge on any atom is 0.0645 e. The number of nitrogens with zero attached hydrogens (tertiary/aromatic N) is 4. The lowest BCUT2D eigenvalue weighted by atomic mass is 10.0. The molecule has 0 saturated carbocycles. The number of rotatable bonds is 6. The van der Waals surface area contributed by atoms with E-state index in [0.29, 0.717) is 22.7 Å². The average molecular weight is 777 g/mol. The predicted molar refractivity (Wildman–Crippen MR) is 255 cm³/mol. The van der Waals surface area contributed by atoms with Crippen LogP contribution in [0, 0.1) is 13.8 Å². The van der Waals surface area contributed by atoms with Crippen molar-refractivity contribution >= 4 is 110 Å². The Balaban J connectivity index is 1.08. The van der Waals surface area contributed by atoms with Crippen LogP contribution in [0.5, 0.6) is 0 Å². The Morgan fingerprint density at radius 3 is 1.08 bits per heavy atom. The second kappa shape index (κ2) is 12.3. The standard InChI is InChI=1S/C56H38N4/c1-35-19-23-39(24-20-35)57(37-11-5-3-6-12-37)41-27-29-43-45-15-9-17-47-49-34-54-50(33-53(49)59(55(45)47)51(43)31-41)48-18-10-16-46-44-30-28-42(32-52(44)60(54)56(46)48)58(38-13-7-4-8-14-38)40-25-21-36(2)22-26-40/h3-34H,1-2H3/i3D,4D,5D,6D,7D,8D,11D,12D,13D,14D. The number of fused-ring (bicyclic) bond motifs is 12. The lowest BCUT2D eigenvalue weighted by Gasteiger charge is -2.25. The third-order valence-corrected chi connectivity index (χ3v) is 12.2. The van der Waals surface area contributed by atoms with E-state index >= 15 is 0 Å². The van der Waals surface area contributed by atoms with E-state index in [0.717, 1.165) is 87.3 Å². The molecule has 0 spiro atoms. The Hall–Kier alpha value is -7.82. The summed E-state index contributed by atoms with van der Waals surface area (Å²) in [4.78, 5) is 3.52. The summed E-state index contributed by atoms with van der Waals surface area (Å²) in [6.07, 6.45) is 0. The molecule has 0 unspecified atom stereocenters. The van der Waals surface area contributed by atoms with Crippen LogP contribution in [0.4, 0.5) is 34.1 Å². The first-order valence-corrected chi connectivity index (χ1v) is 19.9. The van der Waals surface area contributed by atoms with Crippen LogP contribution in [-0.2, 0) is 0 Å². The van der Waals surface area contributed by atoms with Crippen molar-refractivity contribution in [1.82, 2.24) is 8.80 Å². The van der Waals surface area contributed by atoms with E-state index in [-0.39, 0.29) is 35.5 Å². The molecule has 4 heterocycles. The summed E-state index contributed by atoms with van der Waals surface area (Å²) in [5.41, 5.74) is 10.6. The number of hydrogen-bond donors (Lipinski definition) is 0. The Morgan fingerprint density at radius 2 is 0.683 bits per heavy atom. The van der Waals surface area contributed by atoms with E-state index in [1.54, 1.807) is 9.80 Å². The number of aryl methyl sites for hydroxylation is 2. The van der Waals surface area contributed by atoms with E-state index in [2.05, 4.69) is 81.6 Å². The largest absolute Gasteiger partial charge is 0.310 e. The van der Waals surface area contributed by atoms with Crippen molar-refractivity contribution in [2.24, 2.45) is 0 Å². The zero-order valence-corrected chi connectivity index (χ0v) is 32.5. The van der Waals surface area contributed by atoms with Gasteiger partial charge in [0.25, 0.3) is 0 Å². The molecule has 4 nitrogen and oxygen atoms in total. The Morgan fingerprint density at radius 1 is 0.333 bits per heavy atom. The molecule has 0 amide bonds. The molecule has 60 heavy (non-hydrogen) atoms. The topological polar surface area (TPSA) is 15.3 Å². The molecule has 0 saturated heterocycles. The third kappa shape index (κ3) is 4.61. The van der Waals surface area contributed by atoms with Gasteiger partial charge in [-0.15, -0.1) is 0 Å². The first kappa shape index (κ1) is 24.8. The summed E-state index contributed by atoms with van der Waals surface area (Å²) < 4.78 is 91.9. The van der Waals surface area contributed by atoms with Gasteiger partial charge in [-0.3, -0.25) is 0 Å². The van der Waals surface area contributed by atoms with Crippen LogP contribution in [0.25, 0.3) is 76.2 Å². The minimum atomic E-state index is -0.450. The average Bonchev–Trinajstić information content (AvgIpc) is 4.10. The lowest BCUT2D eigenvalue weighted by Crippen LogP contribution is -2.09. The molecule has 0 aliphatic rings. The molecule has 4 heteroatoms. The highest BCUT2D eigenvalue weighted by Gasteiger charge is 2.24. The zero-order valence-electron chi connectivity index (χ0n) is 42.5. The maximum absolute atomic E-state index is 9.05. The normalized spacial score (nSPS) is 14.5. The molecule has 4 aromatic heterocycles. The van der Waals surface area contributed by atoms with Gasteiger partial charge in [-0.1, -0.05) is 120 Å². The predicted octanol–water partition coefficient (Wildman–Crippen LogP) is 15.5. The minimum absolute atomic E-state index is 0.0614. The van der Waals surface area contributed by atoms with Gasteiger partial charge in [-0.25, -0.2) is 0 Å². The van der Waals surface area contributed by atoms with E-state index in [4.69, 9.17) is 13.7 Å². The molecular formula is C56H38N4. The summed E-state index contributed by atoms with van der Waals surface area (Å²) in [6.45, 7) is 3.96. The van der Waals surface area contributed by atoms with Crippen LogP contribution < -0.4 is 9.80 Å². The zero-order chi connectivity index (χ0) is 48.3. The summed E-state index contributed by atoms with van der Waals surface area (Å²) in [5, 5.41) is 8.33. The van der Waals surface area contributed by atoms with Crippen molar-refractivity contribution in [1.29, 1.82) is 0 Å². The number of benzene rings is 9. The van der Waals surface area contributed by atoms with Crippen LogP contribution in [0.2, 0.25) is 0 Å². The van der Waals surface area contributed by atoms with Gasteiger partial charge in [0.15, 0.2) is 0 Å². The van der Waals surface area contributed by atoms with Crippen LogP contribution in [0.3, 0.4) is 0 Å². The Labute approximate surface area is 360 Å². The van der Waals surface area contributed by atoms with Gasteiger partial charge in [0.05, 0.1) is 46.8 Å². The molecule has 282 valence electrons. The highest BCUT2D eigenvalue weighted by atomic mass is 15.1. The molecule has 0 aliphatic heterocycles. The van der Waals surface area contributed by atoms with Crippen LogP contribution in [-0.4, -0.2) is 8.80 Å². The van der Waals surface area contributed by atoms with Gasteiger partial charge in [-0.05, 0) is 98.7 Å². The molecule has 0 atom stereocenters. The highest BCUT2D eigenvalue weighted by molar-refractivity contribution is 6.29. The van der Waals surface area contributed by atoms with Crippen molar-refractivity contribution in [2.45, 2.75) is 13.8 Å². The third-order valence-electron chi connectivity index (χ3n) is 12.2. The Bertz CT molecular complexity index is 4050. The SMILES string of the molecule is [2H]c1c([2H])c([2H])c(N(c2ccc(C)cc2)c2ccc3c4cccc5c6cc7c(cc6n(c3c2)c45)c2cccc3c4ccc(N(c5ccc(C)cc5)c5c([2H])c([2H])c([2H])c([2H])c5[2H])cc4n7c32)c([2H])c1[2H]. The minimum Gasteiger partial charge on any atom is -0.310 e. The smallest absolute Gasteiger partial charge is 0.0645 e. The number of aromatic nitrogens is 2.